The van der Waals surface area contributed by atoms with Crippen LogP contribution in [0.1, 0.15) is 52.0 Å². The molecule has 3 rings (SSSR count). The zero-order chi connectivity index (χ0) is 20.7. The Morgan fingerprint density at radius 1 is 1.18 bits per heavy atom. The van der Waals surface area contributed by atoms with E-state index in [1.807, 2.05) is 6.08 Å². The van der Waals surface area contributed by atoms with Crippen molar-refractivity contribution in [3.05, 3.63) is 35.7 Å². The number of carbonyl (C=O) groups excluding carboxylic acids is 1. The van der Waals surface area contributed by atoms with Crippen LogP contribution in [-0.2, 0) is 4.74 Å². The number of piperidine rings is 1. The van der Waals surface area contributed by atoms with Crippen molar-refractivity contribution >= 4 is 11.7 Å². The molecule has 0 radical (unpaired) electrons. The second-order valence-corrected chi connectivity index (χ2v) is 8.13. The highest BCUT2D eigenvalue weighted by atomic mass is 19.4. The molecule has 0 N–H and O–H groups in total. The summed E-state index contributed by atoms with van der Waals surface area (Å²) in [6.07, 6.45) is -0.421. The first kappa shape index (κ1) is 20.5. The van der Waals surface area contributed by atoms with Crippen LogP contribution >= 0.6 is 0 Å². The highest BCUT2D eigenvalue weighted by molar-refractivity contribution is 5.75. The fourth-order valence-corrected chi connectivity index (χ4v) is 3.75. The third-order valence-electron chi connectivity index (χ3n) is 4.77. The van der Waals surface area contributed by atoms with Crippen molar-refractivity contribution in [2.24, 2.45) is 0 Å². The van der Waals surface area contributed by atoms with Gasteiger partial charge in [0.05, 0.1) is 6.04 Å². The van der Waals surface area contributed by atoms with Crippen LogP contribution in [-0.4, -0.2) is 35.0 Å². The molecule has 1 aromatic carbocycles. The smallest absolute Gasteiger partial charge is 0.444 e. The van der Waals surface area contributed by atoms with Gasteiger partial charge in [-0.25, -0.2) is 9.18 Å². The number of hydrogen-bond donors (Lipinski definition) is 0. The Kier molecular flexibility index (Phi) is 5.34. The third-order valence-corrected chi connectivity index (χ3v) is 4.77. The van der Waals surface area contributed by atoms with Gasteiger partial charge in [-0.1, -0.05) is 12.1 Å². The van der Waals surface area contributed by atoms with Gasteiger partial charge in [0.25, 0.3) is 0 Å². The molecule has 0 spiro atoms. The lowest BCUT2D eigenvalue weighted by molar-refractivity contribution is -0.275. The van der Waals surface area contributed by atoms with E-state index in [0.29, 0.717) is 12.0 Å². The monoisotopic (exact) mass is 401 g/mol. The summed E-state index contributed by atoms with van der Waals surface area (Å²) in [5.74, 6) is -1.93. The van der Waals surface area contributed by atoms with E-state index in [2.05, 4.69) is 4.74 Å². The Balaban J connectivity index is 1.83. The maximum atomic E-state index is 14.1. The molecule has 1 aromatic rings. The molecular formula is C20H23F4NO3. The lowest BCUT2D eigenvalue weighted by atomic mass is 9.83. The molecule has 8 heteroatoms. The summed E-state index contributed by atoms with van der Waals surface area (Å²) in [5.41, 5.74) is 0.701. The van der Waals surface area contributed by atoms with Crippen LogP contribution in [0.15, 0.2) is 24.3 Å². The third kappa shape index (κ3) is 4.77. The van der Waals surface area contributed by atoms with Gasteiger partial charge in [-0.3, -0.25) is 4.90 Å². The molecule has 1 saturated heterocycles. The predicted octanol–water partition coefficient (Wildman–Crippen LogP) is 5.67. The second-order valence-electron chi connectivity index (χ2n) is 8.13. The Bertz CT molecular complexity index is 783. The maximum Gasteiger partial charge on any atom is 0.573 e. The molecule has 2 heterocycles. The number of hydrogen-bond acceptors (Lipinski definition) is 3. The topological polar surface area (TPSA) is 38.8 Å². The first-order valence-corrected chi connectivity index (χ1v) is 9.20. The van der Waals surface area contributed by atoms with Crippen molar-refractivity contribution in [1.82, 2.24) is 4.90 Å². The number of benzene rings is 1. The molecule has 2 atom stereocenters. The average molecular weight is 401 g/mol. The van der Waals surface area contributed by atoms with Crippen molar-refractivity contribution in [3.63, 3.8) is 0 Å². The Hall–Kier alpha value is -2.25. The Labute approximate surface area is 161 Å². The number of rotatable bonds is 2. The molecule has 4 nitrogen and oxygen atoms in total. The van der Waals surface area contributed by atoms with Crippen molar-refractivity contribution in [1.29, 1.82) is 0 Å². The van der Waals surface area contributed by atoms with Gasteiger partial charge in [0.2, 0.25) is 0 Å². The fraction of sp³-hybridized carbons (Fsp3) is 0.550. The summed E-state index contributed by atoms with van der Waals surface area (Å²) in [6.45, 7) is 5.41. The van der Waals surface area contributed by atoms with Gasteiger partial charge in [0.1, 0.15) is 5.60 Å². The van der Waals surface area contributed by atoms with E-state index in [0.717, 1.165) is 37.0 Å². The molecule has 28 heavy (non-hydrogen) atoms. The van der Waals surface area contributed by atoms with Gasteiger partial charge in [0.15, 0.2) is 11.6 Å². The van der Waals surface area contributed by atoms with Gasteiger partial charge >= 0.3 is 12.5 Å². The van der Waals surface area contributed by atoms with Crippen molar-refractivity contribution in [2.75, 3.05) is 0 Å². The first-order chi connectivity index (χ1) is 12.9. The zero-order valence-electron chi connectivity index (χ0n) is 16.0. The number of nitrogens with zero attached hydrogens (tertiary/aromatic N) is 1. The maximum absolute atomic E-state index is 14.1. The normalized spacial score (nSPS) is 22.5. The summed E-state index contributed by atoms with van der Waals surface area (Å²) in [6, 6.07) is 3.18. The van der Waals surface area contributed by atoms with Gasteiger partial charge < -0.3 is 9.47 Å². The molecule has 1 amide bonds. The van der Waals surface area contributed by atoms with Crippen LogP contribution < -0.4 is 4.74 Å². The number of ether oxygens (including phenoxy) is 2. The fourth-order valence-electron chi connectivity index (χ4n) is 3.75. The summed E-state index contributed by atoms with van der Waals surface area (Å²) in [5, 5.41) is 0. The summed E-state index contributed by atoms with van der Waals surface area (Å²) in [4.78, 5) is 14.3. The Morgan fingerprint density at radius 3 is 2.46 bits per heavy atom. The highest BCUT2D eigenvalue weighted by Crippen LogP contribution is 2.39. The highest BCUT2D eigenvalue weighted by Gasteiger charge is 2.39. The molecule has 0 aromatic heterocycles. The van der Waals surface area contributed by atoms with E-state index < -0.39 is 23.5 Å². The number of halogens is 4. The van der Waals surface area contributed by atoms with Gasteiger partial charge in [-0.2, -0.15) is 0 Å². The minimum Gasteiger partial charge on any atom is -0.444 e. The molecule has 0 aliphatic carbocycles. The van der Waals surface area contributed by atoms with E-state index in [9.17, 15) is 22.4 Å². The first-order valence-electron chi connectivity index (χ1n) is 9.20. The second kappa shape index (κ2) is 7.29. The van der Waals surface area contributed by atoms with Crippen LogP contribution in [0.4, 0.5) is 22.4 Å². The van der Waals surface area contributed by atoms with Crippen LogP contribution in [0.3, 0.4) is 0 Å². The van der Waals surface area contributed by atoms with E-state index in [1.54, 1.807) is 25.7 Å². The largest absolute Gasteiger partial charge is 0.573 e. The molecule has 2 unspecified atom stereocenters. The lowest BCUT2D eigenvalue weighted by Crippen LogP contribution is -2.53. The lowest BCUT2D eigenvalue weighted by Gasteiger charge is -2.45. The summed E-state index contributed by atoms with van der Waals surface area (Å²) < 4.78 is 60.2. The predicted molar refractivity (Wildman–Crippen MR) is 95.2 cm³/mol. The van der Waals surface area contributed by atoms with Crippen LogP contribution in [0.2, 0.25) is 0 Å². The SMILES string of the molecule is CC(C)(C)OC(=O)N1C2C=C(c3ccc(OC(F)(F)F)c(F)c3)CC1CCC2. The van der Waals surface area contributed by atoms with E-state index in [4.69, 9.17) is 4.74 Å². The number of carbonyl (C=O) groups is 1. The quantitative estimate of drug-likeness (QED) is 0.600. The van der Waals surface area contributed by atoms with Gasteiger partial charge in [-0.05, 0) is 69.7 Å². The molecular weight excluding hydrogens is 378 g/mol. The van der Waals surface area contributed by atoms with Gasteiger partial charge in [0, 0.05) is 6.04 Å². The van der Waals surface area contributed by atoms with E-state index in [1.165, 1.54) is 6.07 Å². The minimum atomic E-state index is -4.95. The van der Waals surface area contributed by atoms with E-state index >= 15 is 0 Å². The van der Waals surface area contributed by atoms with Crippen molar-refractivity contribution < 1.29 is 31.8 Å². The van der Waals surface area contributed by atoms with E-state index in [-0.39, 0.29) is 18.2 Å². The molecule has 2 bridgehead atoms. The molecule has 2 aliphatic heterocycles. The standard InChI is InChI=1S/C20H23F4NO3/c1-19(2,3)28-18(26)25-14-5-4-6-15(25)10-13(9-14)12-7-8-17(16(21)11-12)27-20(22,23)24/h7-9,11,14-15H,4-6,10H2,1-3H3. The van der Waals surface area contributed by atoms with Crippen LogP contribution in [0.5, 0.6) is 5.75 Å². The summed E-state index contributed by atoms with van der Waals surface area (Å²) in [7, 11) is 0. The van der Waals surface area contributed by atoms with Crippen molar-refractivity contribution in [2.45, 2.75) is 70.5 Å². The molecule has 1 fully saturated rings. The summed E-state index contributed by atoms with van der Waals surface area (Å²) >= 11 is 0. The van der Waals surface area contributed by atoms with Gasteiger partial charge in [-0.15, -0.1) is 13.2 Å². The number of amides is 1. The molecule has 0 saturated carbocycles. The van der Waals surface area contributed by atoms with Crippen molar-refractivity contribution in [3.8, 4) is 5.75 Å². The number of alkyl halides is 3. The Morgan fingerprint density at radius 2 is 1.89 bits per heavy atom. The molecule has 154 valence electrons. The zero-order valence-corrected chi connectivity index (χ0v) is 16.0. The average Bonchev–Trinajstić information content (AvgIpc) is 2.52. The molecule has 2 aliphatic rings. The minimum absolute atomic E-state index is 0.0808. The van der Waals surface area contributed by atoms with Crippen LogP contribution in [0, 0.1) is 5.82 Å². The van der Waals surface area contributed by atoms with Crippen LogP contribution in [0.25, 0.3) is 5.57 Å². The number of fused-ring (bicyclic) bond motifs is 2.